The summed E-state index contributed by atoms with van der Waals surface area (Å²) < 4.78 is 13.6. The van der Waals surface area contributed by atoms with Gasteiger partial charge in [-0.05, 0) is 43.9 Å². The molecule has 0 aromatic heterocycles. The molecule has 20 heavy (non-hydrogen) atoms. The average molecular weight is 271 g/mol. The van der Waals surface area contributed by atoms with Crippen molar-refractivity contribution in [1.29, 1.82) is 0 Å². The molecule has 2 rings (SSSR count). The predicted octanol–water partition coefficient (Wildman–Crippen LogP) is 3.98. The Kier molecular flexibility index (Phi) is 5.31. The normalized spacial score (nSPS) is 13.9. The molecule has 0 radical (unpaired) electrons. The number of nitrogens with one attached hydrogen (secondary N) is 1. The van der Waals surface area contributed by atoms with Crippen molar-refractivity contribution in [3.8, 4) is 0 Å². The third-order valence-electron chi connectivity index (χ3n) is 3.44. The van der Waals surface area contributed by atoms with Gasteiger partial charge in [0.15, 0.2) is 0 Å². The summed E-state index contributed by atoms with van der Waals surface area (Å²) in [4.78, 5) is 0. The third kappa shape index (κ3) is 4.46. The quantitative estimate of drug-likeness (QED) is 0.838. The number of rotatable bonds is 6. The molecule has 0 aliphatic rings. The molecule has 2 atom stereocenters. The fourth-order valence-electron chi connectivity index (χ4n) is 2.57. The van der Waals surface area contributed by atoms with Gasteiger partial charge in [0.1, 0.15) is 5.82 Å². The fourth-order valence-corrected chi connectivity index (χ4v) is 2.57. The van der Waals surface area contributed by atoms with Crippen molar-refractivity contribution in [2.45, 2.75) is 38.8 Å². The zero-order chi connectivity index (χ0) is 14.4. The van der Waals surface area contributed by atoms with Crippen molar-refractivity contribution < 1.29 is 4.39 Å². The van der Waals surface area contributed by atoms with Crippen LogP contribution in [0, 0.1) is 5.82 Å². The first-order chi connectivity index (χ1) is 9.65. The van der Waals surface area contributed by atoms with Crippen LogP contribution in [0.15, 0.2) is 54.6 Å². The van der Waals surface area contributed by atoms with E-state index in [1.54, 1.807) is 6.07 Å². The van der Waals surface area contributed by atoms with Gasteiger partial charge in [-0.3, -0.25) is 0 Å². The molecule has 1 N–H and O–H groups in total. The van der Waals surface area contributed by atoms with Crippen LogP contribution in [0.5, 0.6) is 0 Å². The van der Waals surface area contributed by atoms with Gasteiger partial charge >= 0.3 is 0 Å². The molecule has 2 heteroatoms. The minimum absolute atomic E-state index is 0.114. The lowest BCUT2D eigenvalue weighted by atomic mass is 10.0. The molecule has 2 unspecified atom stereocenters. The molecule has 0 aliphatic carbocycles. The van der Waals surface area contributed by atoms with Gasteiger partial charge in [-0.15, -0.1) is 0 Å². The van der Waals surface area contributed by atoms with Gasteiger partial charge in [-0.25, -0.2) is 4.39 Å². The van der Waals surface area contributed by atoms with E-state index in [1.165, 1.54) is 11.6 Å². The molecule has 106 valence electrons. The first-order valence-electron chi connectivity index (χ1n) is 7.18. The molecule has 0 saturated heterocycles. The largest absolute Gasteiger partial charge is 0.311 e. The topological polar surface area (TPSA) is 12.0 Å². The van der Waals surface area contributed by atoms with Crippen LogP contribution in [-0.4, -0.2) is 12.1 Å². The summed E-state index contributed by atoms with van der Waals surface area (Å²) in [5, 5.41) is 3.54. The van der Waals surface area contributed by atoms with Gasteiger partial charge in [-0.2, -0.15) is 0 Å². The molecule has 1 nitrogen and oxygen atoms in total. The maximum Gasteiger partial charge on any atom is 0.126 e. The van der Waals surface area contributed by atoms with E-state index < -0.39 is 0 Å². The van der Waals surface area contributed by atoms with Crippen LogP contribution in [0.25, 0.3) is 0 Å². The van der Waals surface area contributed by atoms with Crippen LogP contribution in [0.4, 0.5) is 4.39 Å². The molecule has 0 saturated carbocycles. The molecule has 0 bridgehead atoms. The molecule has 0 aliphatic heterocycles. The standard InChI is InChI=1S/C18H22FN/c1-14(12-16-8-4-3-5-9-16)20-15(2)13-17-10-6-7-11-18(17)19/h3-11,14-15,20H,12-13H2,1-2H3. The predicted molar refractivity (Wildman–Crippen MR) is 82.3 cm³/mol. The van der Waals surface area contributed by atoms with Crippen molar-refractivity contribution in [2.75, 3.05) is 0 Å². The highest BCUT2D eigenvalue weighted by atomic mass is 19.1. The van der Waals surface area contributed by atoms with E-state index in [2.05, 4.69) is 43.4 Å². The fraction of sp³-hybridized carbons (Fsp3) is 0.333. The Morgan fingerprint density at radius 2 is 1.45 bits per heavy atom. The molecular formula is C18H22FN. The molecule has 0 amide bonds. The van der Waals surface area contributed by atoms with Crippen molar-refractivity contribution in [3.05, 3.63) is 71.5 Å². The van der Waals surface area contributed by atoms with Crippen LogP contribution in [0.2, 0.25) is 0 Å². The SMILES string of the molecule is CC(Cc1ccccc1)NC(C)Cc1ccccc1F. The number of hydrogen-bond donors (Lipinski definition) is 1. The highest BCUT2D eigenvalue weighted by Gasteiger charge is 2.10. The van der Waals surface area contributed by atoms with Crippen molar-refractivity contribution in [2.24, 2.45) is 0 Å². The first-order valence-corrected chi connectivity index (χ1v) is 7.18. The summed E-state index contributed by atoms with van der Waals surface area (Å²) in [6.45, 7) is 4.28. The van der Waals surface area contributed by atoms with Gasteiger partial charge < -0.3 is 5.32 Å². The van der Waals surface area contributed by atoms with Gasteiger partial charge in [0.25, 0.3) is 0 Å². The average Bonchev–Trinajstić information content (AvgIpc) is 2.42. The molecule has 0 heterocycles. The van der Waals surface area contributed by atoms with Crippen molar-refractivity contribution in [1.82, 2.24) is 5.32 Å². The highest BCUT2D eigenvalue weighted by Crippen LogP contribution is 2.10. The number of hydrogen-bond acceptors (Lipinski definition) is 1. The van der Waals surface area contributed by atoms with Gasteiger partial charge in [0.05, 0.1) is 0 Å². The lowest BCUT2D eigenvalue weighted by Crippen LogP contribution is -2.37. The number of halogens is 1. The van der Waals surface area contributed by atoms with E-state index in [4.69, 9.17) is 0 Å². The van der Waals surface area contributed by atoms with E-state index in [1.807, 2.05) is 18.2 Å². The second-order valence-corrected chi connectivity index (χ2v) is 5.45. The van der Waals surface area contributed by atoms with Crippen LogP contribution in [0.1, 0.15) is 25.0 Å². The molecule has 0 spiro atoms. The summed E-state index contributed by atoms with van der Waals surface area (Å²) in [7, 11) is 0. The Morgan fingerprint density at radius 1 is 0.850 bits per heavy atom. The van der Waals surface area contributed by atoms with Gasteiger partial charge in [0, 0.05) is 12.1 Å². The summed E-state index contributed by atoms with van der Waals surface area (Å²) in [6.07, 6.45) is 1.70. The van der Waals surface area contributed by atoms with Crippen LogP contribution in [-0.2, 0) is 12.8 Å². The van der Waals surface area contributed by atoms with E-state index in [-0.39, 0.29) is 11.9 Å². The zero-order valence-corrected chi connectivity index (χ0v) is 12.1. The minimum atomic E-state index is -0.114. The zero-order valence-electron chi connectivity index (χ0n) is 12.1. The maximum atomic E-state index is 13.6. The first kappa shape index (κ1) is 14.7. The lowest BCUT2D eigenvalue weighted by molar-refractivity contribution is 0.456. The third-order valence-corrected chi connectivity index (χ3v) is 3.44. The van der Waals surface area contributed by atoms with Crippen molar-refractivity contribution in [3.63, 3.8) is 0 Å². The van der Waals surface area contributed by atoms with E-state index in [0.29, 0.717) is 12.5 Å². The number of benzene rings is 2. The Bertz CT molecular complexity index is 524. The summed E-state index contributed by atoms with van der Waals surface area (Å²) in [6, 6.07) is 18.1. The Hall–Kier alpha value is -1.67. The lowest BCUT2D eigenvalue weighted by Gasteiger charge is -2.20. The summed E-state index contributed by atoms with van der Waals surface area (Å²) >= 11 is 0. The van der Waals surface area contributed by atoms with Gasteiger partial charge in [-0.1, -0.05) is 48.5 Å². The Morgan fingerprint density at radius 3 is 2.15 bits per heavy atom. The van der Waals surface area contributed by atoms with Crippen LogP contribution < -0.4 is 5.32 Å². The molecule has 2 aromatic carbocycles. The van der Waals surface area contributed by atoms with Crippen LogP contribution in [0.3, 0.4) is 0 Å². The van der Waals surface area contributed by atoms with E-state index in [9.17, 15) is 4.39 Å². The highest BCUT2D eigenvalue weighted by molar-refractivity contribution is 5.18. The molecule has 0 fully saturated rings. The molecular weight excluding hydrogens is 249 g/mol. The van der Waals surface area contributed by atoms with Crippen LogP contribution >= 0.6 is 0 Å². The molecule has 2 aromatic rings. The minimum Gasteiger partial charge on any atom is -0.311 e. The van der Waals surface area contributed by atoms with E-state index in [0.717, 1.165) is 12.0 Å². The second kappa shape index (κ2) is 7.20. The Labute approximate surface area is 120 Å². The monoisotopic (exact) mass is 271 g/mol. The Balaban J connectivity index is 1.85. The van der Waals surface area contributed by atoms with Crippen molar-refractivity contribution >= 4 is 0 Å². The van der Waals surface area contributed by atoms with E-state index >= 15 is 0 Å². The summed E-state index contributed by atoms with van der Waals surface area (Å²) in [5.41, 5.74) is 2.10. The second-order valence-electron chi connectivity index (χ2n) is 5.45. The maximum absolute atomic E-state index is 13.6. The summed E-state index contributed by atoms with van der Waals surface area (Å²) in [5.74, 6) is -0.114. The smallest absolute Gasteiger partial charge is 0.126 e. The van der Waals surface area contributed by atoms with Gasteiger partial charge in [0.2, 0.25) is 0 Å².